The van der Waals surface area contributed by atoms with Gasteiger partial charge in [-0.15, -0.1) is 0 Å². The Hall–Kier alpha value is -4.00. The topological polar surface area (TPSA) is 76.1 Å². The third kappa shape index (κ3) is 6.32. The van der Waals surface area contributed by atoms with E-state index < -0.39 is 0 Å². The SMILES string of the molecule is C=C(Nc1cccc2ncccc12)c1cc(OCCc2ccccn2)nc(N(CCC)CCC)n1. The molecule has 35 heavy (non-hydrogen) atoms. The van der Waals surface area contributed by atoms with Crippen LogP contribution >= 0.6 is 0 Å². The van der Waals surface area contributed by atoms with Crippen LogP contribution in [0.5, 0.6) is 5.88 Å². The molecule has 4 rings (SSSR count). The van der Waals surface area contributed by atoms with Gasteiger partial charge < -0.3 is 15.0 Å². The number of benzene rings is 1. The molecule has 0 saturated heterocycles. The fraction of sp³-hybridized carbons (Fsp3) is 0.286. The van der Waals surface area contributed by atoms with Crippen molar-refractivity contribution in [3.8, 4) is 5.88 Å². The zero-order valence-corrected chi connectivity index (χ0v) is 20.4. The zero-order valence-electron chi connectivity index (χ0n) is 20.4. The molecule has 0 unspecified atom stereocenters. The molecule has 1 N–H and O–H groups in total. The van der Waals surface area contributed by atoms with Crippen LogP contribution in [0, 0.1) is 0 Å². The molecule has 3 heterocycles. The Bertz CT molecular complexity index is 1250. The Labute approximate surface area is 206 Å². The molecule has 0 fully saturated rings. The van der Waals surface area contributed by atoms with Gasteiger partial charge in [-0.1, -0.05) is 32.6 Å². The van der Waals surface area contributed by atoms with Crippen LogP contribution in [-0.2, 0) is 6.42 Å². The molecule has 7 nitrogen and oxygen atoms in total. The summed E-state index contributed by atoms with van der Waals surface area (Å²) in [5, 5.41) is 4.46. The highest BCUT2D eigenvalue weighted by Crippen LogP contribution is 2.26. The molecule has 0 saturated carbocycles. The van der Waals surface area contributed by atoms with Gasteiger partial charge in [-0.05, 0) is 49.2 Å². The fourth-order valence-electron chi connectivity index (χ4n) is 3.88. The molecule has 0 radical (unpaired) electrons. The number of rotatable bonds is 12. The van der Waals surface area contributed by atoms with Crippen LogP contribution in [0.15, 0.2) is 73.6 Å². The van der Waals surface area contributed by atoms with Crippen molar-refractivity contribution < 1.29 is 4.74 Å². The van der Waals surface area contributed by atoms with E-state index in [9.17, 15) is 0 Å². The summed E-state index contributed by atoms with van der Waals surface area (Å²) in [6.45, 7) is 10.8. The number of nitrogens with one attached hydrogen (secondary N) is 1. The van der Waals surface area contributed by atoms with E-state index in [4.69, 9.17) is 14.7 Å². The molecular weight excluding hydrogens is 436 g/mol. The molecular formula is C28H32N6O. The normalized spacial score (nSPS) is 10.8. The van der Waals surface area contributed by atoms with E-state index in [0.29, 0.717) is 36.2 Å². The summed E-state index contributed by atoms with van der Waals surface area (Å²) in [5.74, 6) is 1.18. The Balaban J connectivity index is 1.60. The van der Waals surface area contributed by atoms with Crippen LogP contribution < -0.4 is 15.0 Å². The minimum Gasteiger partial charge on any atom is -0.477 e. The number of pyridine rings is 2. The molecule has 0 aliphatic carbocycles. The summed E-state index contributed by atoms with van der Waals surface area (Å²) in [4.78, 5) is 20.6. The van der Waals surface area contributed by atoms with E-state index in [1.807, 2.05) is 54.6 Å². The molecule has 3 aromatic heterocycles. The Morgan fingerprint density at radius 1 is 0.943 bits per heavy atom. The summed E-state index contributed by atoms with van der Waals surface area (Å²) in [7, 11) is 0. The first kappa shape index (κ1) is 24.1. The lowest BCUT2D eigenvalue weighted by Gasteiger charge is -2.23. The van der Waals surface area contributed by atoms with Crippen molar-refractivity contribution in [2.75, 3.05) is 29.9 Å². The van der Waals surface area contributed by atoms with Gasteiger partial charge in [0.05, 0.1) is 23.5 Å². The van der Waals surface area contributed by atoms with Crippen LogP contribution in [-0.4, -0.2) is 39.6 Å². The largest absolute Gasteiger partial charge is 0.477 e. The summed E-state index contributed by atoms with van der Waals surface area (Å²) in [6, 6.07) is 17.7. The van der Waals surface area contributed by atoms with E-state index in [1.165, 1.54) is 0 Å². The van der Waals surface area contributed by atoms with Crippen LogP contribution in [0.25, 0.3) is 16.6 Å². The first-order chi connectivity index (χ1) is 17.2. The number of ether oxygens (including phenoxy) is 1. The molecule has 0 spiro atoms. The van der Waals surface area contributed by atoms with Gasteiger partial charge >= 0.3 is 0 Å². The van der Waals surface area contributed by atoms with E-state index in [0.717, 1.165) is 48.2 Å². The Morgan fingerprint density at radius 3 is 2.54 bits per heavy atom. The smallest absolute Gasteiger partial charge is 0.229 e. The number of hydrogen-bond acceptors (Lipinski definition) is 7. The van der Waals surface area contributed by atoms with Crippen molar-refractivity contribution in [1.29, 1.82) is 0 Å². The third-order valence-electron chi connectivity index (χ3n) is 5.54. The summed E-state index contributed by atoms with van der Waals surface area (Å²) in [5.41, 5.74) is 4.20. The van der Waals surface area contributed by atoms with Crippen molar-refractivity contribution in [2.24, 2.45) is 0 Å². The number of anilines is 2. The highest BCUT2D eigenvalue weighted by Gasteiger charge is 2.15. The average molecular weight is 469 g/mol. The Kier molecular flexibility index (Phi) is 8.22. The van der Waals surface area contributed by atoms with Crippen LogP contribution in [0.2, 0.25) is 0 Å². The first-order valence-electron chi connectivity index (χ1n) is 12.1. The number of nitrogens with zero attached hydrogens (tertiary/aromatic N) is 5. The van der Waals surface area contributed by atoms with E-state index in [-0.39, 0.29) is 0 Å². The molecule has 0 bridgehead atoms. The van der Waals surface area contributed by atoms with Gasteiger partial charge in [0.1, 0.15) is 0 Å². The zero-order chi connectivity index (χ0) is 24.5. The molecule has 180 valence electrons. The highest BCUT2D eigenvalue weighted by molar-refractivity contribution is 5.94. The minimum atomic E-state index is 0.476. The lowest BCUT2D eigenvalue weighted by atomic mass is 10.1. The van der Waals surface area contributed by atoms with Gasteiger partial charge in [-0.25, -0.2) is 4.98 Å². The van der Waals surface area contributed by atoms with Crippen molar-refractivity contribution in [3.05, 3.63) is 85.0 Å². The summed E-state index contributed by atoms with van der Waals surface area (Å²) in [6.07, 6.45) is 6.30. The maximum atomic E-state index is 6.07. The predicted molar refractivity (Wildman–Crippen MR) is 143 cm³/mol. The number of fused-ring (bicyclic) bond motifs is 1. The lowest BCUT2D eigenvalue weighted by molar-refractivity contribution is 0.307. The minimum absolute atomic E-state index is 0.476. The molecule has 0 aliphatic heterocycles. The van der Waals surface area contributed by atoms with Gasteiger partial charge in [0, 0.05) is 54.7 Å². The van der Waals surface area contributed by atoms with Gasteiger partial charge in [0.2, 0.25) is 11.8 Å². The second kappa shape index (κ2) is 11.9. The van der Waals surface area contributed by atoms with Crippen molar-refractivity contribution in [2.45, 2.75) is 33.1 Å². The van der Waals surface area contributed by atoms with Crippen LogP contribution in [0.3, 0.4) is 0 Å². The predicted octanol–water partition coefficient (Wildman–Crippen LogP) is 5.75. The Morgan fingerprint density at radius 2 is 1.77 bits per heavy atom. The quantitative estimate of drug-likeness (QED) is 0.284. The van der Waals surface area contributed by atoms with Crippen molar-refractivity contribution in [1.82, 2.24) is 19.9 Å². The maximum absolute atomic E-state index is 6.07. The third-order valence-corrected chi connectivity index (χ3v) is 5.54. The number of aromatic nitrogens is 4. The van der Waals surface area contributed by atoms with E-state index in [1.54, 1.807) is 12.4 Å². The number of hydrogen-bond donors (Lipinski definition) is 1. The average Bonchev–Trinajstić information content (AvgIpc) is 2.89. The molecule has 7 heteroatoms. The molecule has 0 amide bonds. The maximum Gasteiger partial charge on any atom is 0.229 e. The summed E-state index contributed by atoms with van der Waals surface area (Å²) >= 11 is 0. The van der Waals surface area contributed by atoms with E-state index >= 15 is 0 Å². The summed E-state index contributed by atoms with van der Waals surface area (Å²) < 4.78 is 6.07. The molecule has 0 atom stereocenters. The van der Waals surface area contributed by atoms with Gasteiger partial charge in [-0.3, -0.25) is 9.97 Å². The fourth-order valence-corrected chi connectivity index (χ4v) is 3.88. The lowest BCUT2D eigenvalue weighted by Crippen LogP contribution is -2.27. The second-order valence-electron chi connectivity index (χ2n) is 8.28. The highest BCUT2D eigenvalue weighted by atomic mass is 16.5. The van der Waals surface area contributed by atoms with Crippen LogP contribution in [0.1, 0.15) is 38.1 Å². The molecule has 1 aromatic carbocycles. The van der Waals surface area contributed by atoms with Gasteiger partial charge in [-0.2, -0.15) is 4.98 Å². The molecule has 0 aliphatic rings. The standard InChI is InChI=1S/C28H32N6O/c1-4-17-34(18-5-2)28-32-26(20-27(33-28)35-19-14-22-10-6-7-15-29-22)21(3)31-25-13-8-12-24-23(25)11-9-16-30-24/h6-13,15-16,20,31H,3-5,14,17-19H2,1-2H3. The van der Waals surface area contributed by atoms with Gasteiger partial charge in [0.15, 0.2) is 0 Å². The second-order valence-corrected chi connectivity index (χ2v) is 8.28. The van der Waals surface area contributed by atoms with Crippen LogP contribution in [0.4, 0.5) is 11.6 Å². The van der Waals surface area contributed by atoms with Crippen molar-refractivity contribution >= 4 is 28.2 Å². The van der Waals surface area contributed by atoms with E-state index in [2.05, 4.69) is 40.6 Å². The molecule has 4 aromatic rings. The monoisotopic (exact) mass is 468 g/mol. The van der Waals surface area contributed by atoms with Gasteiger partial charge in [0.25, 0.3) is 0 Å². The van der Waals surface area contributed by atoms with Crippen molar-refractivity contribution in [3.63, 3.8) is 0 Å². The first-order valence-corrected chi connectivity index (χ1v) is 12.1.